The quantitative estimate of drug-likeness (QED) is 0.524. The first-order chi connectivity index (χ1) is 16.8. The van der Waals surface area contributed by atoms with E-state index in [0.717, 1.165) is 47.7 Å². The standard InChI is InChI=1S/C25H28ClN5O3S/c1-30-15-22(29-16-30)35(33,34)31(23(32)14-27)20-8-3-17-9-12-28-24(21(17)13-20)25(10-2-11-25)18-4-6-19(26)7-5-18/h3-8,13,15-16,24,28H,2,9-12,14,27H2,1H3. The molecule has 2 aliphatic rings. The van der Waals surface area contributed by atoms with Gasteiger partial charge in [0.1, 0.15) is 0 Å². The fourth-order valence-corrected chi connectivity index (χ4v) is 6.88. The Hall–Kier alpha value is -2.72. The third-order valence-electron chi connectivity index (χ3n) is 7.22. The van der Waals surface area contributed by atoms with Gasteiger partial charge in [-0.1, -0.05) is 36.2 Å². The van der Waals surface area contributed by atoms with Crippen molar-refractivity contribution in [3.8, 4) is 0 Å². The number of aryl methyl sites for hydroxylation is 1. The summed E-state index contributed by atoms with van der Waals surface area (Å²) in [6.07, 6.45) is 6.71. The summed E-state index contributed by atoms with van der Waals surface area (Å²) in [5.41, 5.74) is 9.15. The van der Waals surface area contributed by atoms with E-state index < -0.39 is 22.5 Å². The largest absolute Gasteiger partial charge is 0.339 e. The lowest BCUT2D eigenvalue weighted by Gasteiger charge is -2.50. The van der Waals surface area contributed by atoms with Gasteiger partial charge in [0.15, 0.2) is 5.03 Å². The maximum atomic E-state index is 13.5. The van der Waals surface area contributed by atoms with Crippen LogP contribution in [-0.4, -0.2) is 37.0 Å². The van der Waals surface area contributed by atoms with E-state index in [0.29, 0.717) is 5.02 Å². The normalized spacial score (nSPS) is 19.0. The zero-order valence-corrected chi connectivity index (χ0v) is 21.0. The number of carbonyl (C=O) groups excluding carboxylic acids is 1. The first-order valence-electron chi connectivity index (χ1n) is 11.6. The molecule has 1 amide bonds. The van der Waals surface area contributed by atoms with Gasteiger partial charge >= 0.3 is 0 Å². The van der Waals surface area contributed by atoms with Gasteiger partial charge in [-0.05, 0) is 66.8 Å². The summed E-state index contributed by atoms with van der Waals surface area (Å²) in [6, 6.07) is 13.4. The number of aromatic nitrogens is 2. The average Bonchev–Trinajstić information content (AvgIpc) is 3.27. The molecule has 3 N–H and O–H groups in total. The molecule has 35 heavy (non-hydrogen) atoms. The van der Waals surface area contributed by atoms with Crippen molar-refractivity contribution in [1.29, 1.82) is 0 Å². The summed E-state index contributed by atoms with van der Waals surface area (Å²) in [5.74, 6) is -0.716. The lowest BCUT2D eigenvalue weighted by Crippen LogP contribution is -2.49. The van der Waals surface area contributed by atoms with Crippen LogP contribution in [0.2, 0.25) is 5.02 Å². The molecule has 0 bridgehead atoms. The monoisotopic (exact) mass is 513 g/mol. The van der Waals surface area contributed by atoms with E-state index in [1.165, 1.54) is 22.7 Å². The van der Waals surface area contributed by atoms with Crippen molar-refractivity contribution in [3.63, 3.8) is 0 Å². The second-order valence-corrected chi connectivity index (χ2v) is 11.5. The number of hydrogen-bond donors (Lipinski definition) is 2. The molecule has 3 aromatic rings. The Labute approximate surface area is 210 Å². The summed E-state index contributed by atoms with van der Waals surface area (Å²) in [6.45, 7) is 0.379. The van der Waals surface area contributed by atoms with Gasteiger partial charge in [0, 0.05) is 29.7 Å². The minimum Gasteiger partial charge on any atom is -0.339 e. The van der Waals surface area contributed by atoms with Gasteiger partial charge in [-0.3, -0.25) is 4.79 Å². The Kier molecular flexibility index (Phi) is 6.21. The molecule has 8 nitrogen and oxygen atoms in total. The second kappa shape index (κ2) is 9.05. The number of amides is 1. The summed E-state index contributed by atoms with van der Waals surface area (Å²) in [5, 5.41) is 4.18. The molecule has 2 aromatic carbocycles. The van der Waals surface area contributed by atoms with Crippen molar-refractivity contribution < 1.29 is 13.2 Å². The smallest absolute Gasteiger partial charge is 0.289 e. The molecular formula is C25H28ClN5O3S. The predicted octanol–water partition coefficient (Wildman–Crippen LogP) is 3.06. The van der Waals surface area contributed by atoms with E-state index in [9.17, 15) is 13.2 Å². The molecule has 1 aliphatic heterocycles. The Balaban J connectivity index is 1.61. The third kappa shape index (κ3) is 4.06. The zero-order valence-electron chi connectivity index (χ0n) is 19.4. The molecule has 2 heterocycles. The van der Waals surface area contributed by atoms with Crippen LogP contribution < -0.4 is 15.4 Å². The molecule has 184 valence electrons. The average molecular weight is 514 g/mol. The van der Waals surface area contributed by atoms with Crippen molar-refractivity contribution in [2.75, 3.05) is 17.4 Å². The SMILES string of the molecule is Cn1cnc(S(=O)(=O)N(C(=O)CN)c2ccc3c(c2)C(C2(c4ccc(Cl)cc4)CCC2)NCC3)c1. The number of anilines is 1. The van der Waals surface area contributed by atoms with Crippen LogP contribution >= 0.6 is 11.6 Å². The van der Waals surface area contributed by atoms with E-state index >= 15 is 0 Å². The maximum Gasteiger partial charge on any atom is 0.289 e. The van der Waals surface area contributed by atoms with Crippen molar-refractivity contribution in [2.45, 2.75) is 42.2 Å². The molecule has 0 saturated heterocycles. The molecule has 5 rings (SSSR count). The molecular weight excluding hydrogens is 486 g/mol. The fourth-order valence-electron chi connectivity index (χ4n) is 5.36. The van der Waals surface area contributed by atoms with Gasteiger partial charge in [-0.25, -0.2) is 9.29 Å². The van der Waals surface area contributed by atoms with Crippen LogP contribution in [0.25, 0.3) is 0 Å². The van der Waals surface area contributed by atoms with Gasteiger partial charge in [0.05, 0.1) is 18.6 Å². The molecule has 1 aromatic heterocycles. The van der Waals surface area contributed by atoms with Crippen LogP contribution in [0.1, 0.15) is 42.0 Å². The minimum atomic E-state index is -4.24. The van der Waals surface area contributed by atoms with Gasteiger partial charge in [-0.15, -0.1) is 0 Å². The summed E-state index contributed by atoms with van der Waals surface area (Å²) in [4.78, 5) is 16.8. The van der Waals surface area contributed by atoms with E-state index in [-0.39, 0.29) is 22.2 Å². The van der Waals surface area contributed by atoms with Gasteiger partial charge in [-0.2, -0.15) is 8.42 Å². The number of benzene rings is 2. The Morgan fingerprint density at radius 3 is 2.60 bits per heavy atom. The molecule has 1 saturated carbocycles. The third-order valence-corrected chi connectivity index (χ3v) is 9.11. The first-order valence-corrected chi connectivity index (χ1v) is 13.5. The number of fused-ring (bicyclic) bond motifs is 1. The van der Waals surface area contributed by atoms with Crippen LogP contribution in [0, 0.1) is 0 Å². The summed E-state index contributed by atoms with van der Waals surface area (Å²) in [7, 11) is -2.56. The Bertz CT molecular complexity index is 1370. The number of rotatable bonds is 6. The van der Waals surface area contributed by atoms with Crippen molar-refractivity contribution >= 4 is 33.2 Å². The van der Waals surface area contributed by atoms with E-state index in [1.54, 1.807) is 13.1 Å². The summed E-state index contributed by atoms with van der Waals surface area (Å²) >= 11 is 6.16. The number of nitrogens with one attached hydrogen (secondary N) is 1. The highest BCUT2D eigenvalue weighted by molar-refractivity contribution is 7.93. The minimum absolute atomic E-state index is 0.0199. The number of imidazole rings is 1. The van der Waals surface area contributed by atoms with Crippen LogP contribution in [0.3, 0.4) is 0 Å². The number of nitrogens with two attached hydrogens (primary N) is 1. The topological polar surface area (TPSA) is 110 Å². The molecule has 10 heteroatoms. The lowest BCUT2D eigenvalue weighted by molar-refractivity contribution is -0.116. The Morgan fingerprint density at radius 1 is 1.26 bits per heavy atom. The maximum absolute atomic E-state index is 13.5. The Morgan fingerprint density at radius 2 is 2.00 bits per heavy atom. The molecule has 1 atom stereocenters. The van der Waals surface area contributed by atoms with Gasteiger partial charge in [0.25, 0.3) is 15.9 Å². The molecule has 1 unspecified atom stereocenters. The number of halogens is 1. The van der Waals surface area contributed by atoms with Crippen LogP contribution in [0.15, 0.2) is 60.0 Å². The second-order valence-electron chi connectivity index (χ2n) is 9.28. The van der Waals surface area contributed by atoms with Crippen LogP contribution in [0.4, 0.5) is 5.69 Å². The van der Waals surface area contributed by atoms with Crippen LogP contribution in [-0.2, 0) is 33.7 Å². The van der Waals surface area contributed by atoms with E-state index in [4.69, 9.17) is 17.3 Å². The number of hydrogen-bond acceptors (Lipinski definition) is 6. The van der Waals surface area contributed by atoms with Crippen molar-refractivity contribution in [3.05, 3.63) is 76.7 Å². The van der Waals surface area contributed by atoms with Gasteiger partial charge < -0.3 is 15.6 Å². The first kappa shape index (κ1) is 24.0. The summed E-state index contributed by atoms with van der Waals surface area (Å²) < 4.78 is 29.2. The highest BCUT2D eigenvalue weighted by Gasteiger charge is 2.47. The van der Waals surface area contributed by atoms with Crippen molar-refractivity contribution in [2.24, 2.45) is 12.8 Å². The van der Waals surface area contributed by atoms with E-state index in [1.807, 2.05) is 24.3 Å². The van der Waals surface area contributed by atoms with Crippen LogP contribution in [0.5, 0.6) is 0 Å². The van der Waals surface area contributed by atoms with Gasteiger partial charge in [0.2, 0.25) is 0 Å². The molecule has 0 radical (unpaired) electrons. The fraction of sp³-hybridized carbons (Fsp3) is 0.360. The molecule has 1 aliphatic carbocycles. The predicted molar refractivity (Wildman–Crippen MR) is 135 cm³/mol. The number of sulfonamides is 1. The zero-order chi connectivity index (χ0) is 24.8. The molecule has 0 spiro atoms. The lowest BCUT2D eigenvalue weighted by atomic mass is 9.58. The van der Waals surface area contributed by atoms with E-state index in [2.05, 4.69) is 22.4 Å². The number of nitrogens with zero attached hydrogens (tertiary/aromatic N) is 3. The molecule has 1 fully saturated rings. The number of carbonyl (C=O) groups is 1. The highest BCUT2D eigenvalue weighted by atomic mass is 35.5. The van der Waals surface area contributed by atoms with Crippen molar-refractivity contribution in [1.82, 2.24) is 14.9 Å². The highest BCUT2D eigenvalue weighted by Crippen LogP contribution is 2.54.